The standard InChI is InChI=1S/C15H19FN2O3/c1-10-4-5-11(16)8-12(10)17-14(21)18-7-3-6-15(2,9-18)13(19)20/h4-5,8H,3,6-7,9H2,1-2H3,(H,17,21)(H,19,20). The van der Waals surface area contributed by atoms with E-state index in [4.69, 9.17) is 0 Å². The van der Waals surface area contributed by atoms with Crippen molar-refractivity contribution in [2.75, 3.05) is 18.4 Å². The molecule has 0 saturated carbocycles. The fourth-order valence-electron chi connectivity index (χ4n) is 2.51. The van der Waals surface area contributed by atoms with Crippen LogP contribution in [-0.4, -0.2) is 35.1 Å². The van der Waals surface area contributed by atoms with E-state index in [1.165, 1.54) is 17.0 Å². The lowest BCUT2D eigenvalue weighted by molar-refractivity contribution is -0.150. The predicted octanol–water partition coefficient (Wildman–Crippen LogP) is 2.85. The van der Waals surface area contributed by atoms with Crippen LogP contribution < -0.4 is 5.32 Å². The highest BCUT2D eigenvalue weighted by atomic mass is 19.1. The number of amides is 2. The van der Waals surface area contributed by atoms with Gasteiger partial charge in [-0.3, -0.25) is 4.79 Å². The molecule has 1 aliphatic rings. The summed E-state index contributed by atoms with van der Waals surface area (Å²) in [4.78, 5) is 25.0. The van der Waals surface area contributed by atoms with E-state index in [1.807, 2.05) is 0 Å². The van der Waals surface area contributed by atoms with Crippen molar-refractivity contribution in [3.8, 4) is 0 Å². The zero-order valence-electron chi connectivity index (χ0n) is 12.1. The minimum absolute atomic E-state index is 0.155. The fraction of sp³-hybridized carbons (Fsp3) is 0.467. The van der Waals surface area contributed by atoms with E-state index in [0.29, 0.717) is 25.1 Å². The van der Waals surface area contributed by atoms with Gasteiger partial charge in [0.25, 0.3) is 0 Å². The molecular weight excluding hydrogens is 275 g/mol. The van der Waals surface area contributed by atoms with Crippen molar-refractivity contribution in [3.05, 3.63) is 29.6 Å². The van der Waals surface area contributed by atoms with E-state index < -0.39 is 23.2 Å². The molecule has 2 N–H and O–H groups in total. The molecule has 0 aromatic heterocycles. The number of anilines is 1. The van der Waals surface area contributed by atoms with Crippen LogP contribution in [-0.2, 0) is 4.79 Å². The number of carboxylic acids is 1. The summed E-state index contributed by atoms with van der Waals surface area (Å²) in [6, 6.07) is 3.78. The number of urea groups is 1. The van der Waals surface area contributed by atoms with Crippen LogP contribution in [0.5, 0.6) is 0 Å². The van der Waals surface area contributed by atoms with Gasteiger partial charge in [-0.15, -0.1) is 0 Å². The number of hydrogen-bond acceptors (Lipinski definition) is 2. The lowest BCUT2D eigenvalue weighted by Crippen LogP contribution is -2.49. The Kier molecular flexibility index (Phi) is 4.16. The van der Waals surface area contributed by atoms with Gasteiger partial charge in [0, 0.05) is 18.8 Å². The normalized spacial score (nSPS) is 22.0. The third-order valence-corrected chi connectivity index (χ3v) is 3.94. The molecule has 1 fully saturated rings. The molecule has 1 aromatic rings. The van der Waals surface area contributed by atoms with E-state index in [0.717, 1.165) is 5.56 Å². The van der Waals surface area contributed by atoms with Crippen molar-refractivity contribution >= 4 is 17.7 Å². The summed E-state index contributed by atoms with van der Waals surface area (Å²) >= 11 is 0. The number of carboxylic acid groups (broad SMARTS) is 1. The number of piperidine rings is 1. The number of carbonyl (C=O) groups excluding carboxylic acids is 1. The lowest BCUT2D eigenvalue weighted by Gasteiger charge is -2.37. The van der Waals surface area contributed by atoms with E-state index in [-0.39, 0.29) is 6.54 Å². The number of likely N-dealkylation sites (tertiary alicyclic amines) is 1. The van der Waals surface area contributed by atoms with Crippen LogP contribution in [0.2, 0.25) is 0 Å². The molecule has 2 amide bonds. The number of nitrogens with one attached hydrogen (secondary N) is 1. The third-order valence-electron chi connectivity index (χ3n) is 3.94. The van der Waals surface area contributed by atoms with Crippen LogP contribution in [0.3, 0.4) is 0 Å². The predicted molar refractivity (Wildman–Crippen MR) is 76.7 cm³/mol. The van der Waals surface area contributed by atoms with Crippen molar-refractivity contribution in [3.63, 3.8) is 0 Å². The molecule has 0 bridgehead atoms. The van der Waals surface area contributed by atoms with E-state index in [1.54, 1.807) is 19.9 Å². The number of nitrogens with zero attached hydrogens (tertiary/aromatic N) is 1. The number of aryl methyl sites for hydroxylation is 1. The lowest BCUT2D eigenvalue weighted by atomic mass is 9.82. The molecule has 1 unspecified atom stereocenters. The largest absolute Gasteiger partial charge is 0.481 e. The first-order valence-corrected chi connectivity index (χ1v) is 6.87. The maximum atomic E-state index is 13.2. The smallest absolute Gasteiger partial charge is 0.321 e. The molecule has 0 spiro atoms. The van der Waals surface area contributed by atoms with Crippen LogP contribution in [0.15, 0.2) is 18.2 Å². The summed E-state index contributed by atoms with van der Waals surface area (Å²) in [6.45, 7) is 4.07. The molecule has 1 aromatic carbocycles. The molecule has 0 aliphatic carbocycles. The summed E-state index contributed by atoms with van der Waals surface area (Å²) in [5.74, 6) is -1.33. The van der Waals surface area contributed by atoms with Gasteiger partial charge in [-0.05, 0) is 44.4 Å². The second kappa shape index (κ2) is 5.71. The number of aliphatic carboxylic acids is 1. The average molecular weight is 294 g/mol. The van der Waals surface area contributed by atoms with Crippen LogP contribution in [0, 0.1) is 18.2 Å². The molecule has 2 rings (SSSR count). The first-order valence-electron chi connectivity index (χ1n) is 6.87. The highest BCUT2D eigenvalue weighted by Crippen LogP contribution is 2.30. The van der Waals surface area contributed by atoms with Gasteiger partial charge in [0.05, 0.1) is 5.41 Å². The molecule has 1 heterocycles. The van der Waals surface area contributed by atoms with Crippen LogP contribution >= 0.6 is 0 Å². The Bertz CT molecular complexity index is 576. The molecule has 5 nitrogen and oxygen atoms in total. The minimum Gasteiger partial charge on any atom is -0.481 e. The van der Waals surface area contributed by atoms with E-state index in [9.17, 15) is 19.1 Å². The van der Waals surface area contributed by atoms with Crippen molar-refractivity contribution in [2.24, 2.45) is 5.41 Å². The number of halogens is 1. The second-order valence-corrected chi connectivity index (χ2v) is 5.78. The molecule has 0 radical (unpaired) electrons. The van der Waals surface area contributed by atoms with Gasteiger partial charge in [-0.1, -0.05) is 6.07 Å². The minimum atomic E-state index is -0.924. The van der Waals surface area contributed by atoms with Gasteiger partial charge >= 0.3 is 12.0 Å². The van der Waals surface area contributed by atoms with E-state index in [2.05, 4.69) is 5.32 Å². The van der Waals surface area contributed by atoms with Crippen LogP contribution in [0.25, 0.3) is 0 Å². The van der Waals surface area contributed by atoms with Crippen molar-refractivity contribution in [1.29, 1.82) is 0 Å². The Morgan fingerprint density at radius 2 is 2.14 bits per heavy atom. The first-order chi connectivity index (χ1) is 9.82. The molecule has 21 heavy (non-hydrogen) atoms. The zero-order valence-corrected chi connectivity index (χ0v) is 12.1. The highest BCUT2D eigenvalue weighted by Gasteiger charge is 2.39. The zero-order chi connectivity index (χ0) is 15.6. The number of benzene rings is 1. The second-order valence-electron chi connectivity index (χ2n) is 5.78. The Balaban J connectivity index is 2.10. The summed E-state index contributed by atoms with van der Waals surface area (Å²) in [7, 11) is 0. The Morgan fingerprint density at radius 1 is 1.43 bits per heavy atom. The van der Waals surface area contributed by atoms with Crippen LogP contribution in [0.4, 0.5) is 14.9 Å². The molecule has 114 valence electrons. The fourth-order valence-corrected chi connectivity index (χ4v) is 2.51. The Labute approximate surface area is 122 Å². The maximum absolute atomic E-state index is 13.2. The summed E-state index contributed by atoms with van der Waals surface area (Å²) < 4.78 is 13.2. The van der Waals surface area contributed by atoms with Crippen molar-refractivity contribution < 1.29 is 19.1 Å². The SMILES string of the molecule is Cc1ccc(F)cc1NC(=O)N1CCCC(C)(C(=O)O)C1. The molecule has 6 heteroatoms. The molecule has 1 aliphatic heterocycles. The molecule has 1 saturated heterocycles. The maximum Gasteiger partial charge on any atom is 0.321 e. The topological polar surface area (TPSA) is 69.6 Å². The van der Waals surface area contributed by atoms with Crippen molar-refractivity contribution in [1.82, 2.24) is 4.90 Å². The number of hydrogen-bond donors (Lipinski definition) is 2. The molecular formula is C15H19FN2O3. The summed E-state index contributed by atoms with van der Waals surface area (Å²) in [6.07, 6.45) is 1.18. The van der Waals surface area contributed by atoms with Gasteiger partial charge in [-0.25, -0.2) is 9.18 Å². The van der Waals surface area contributed by atoms with Gasteiger partial charge in [0.2, 0.25) is 0 Å². The Morgan fingerprint density at radius 3 is 2.81 bits per heavy atom. The van der Waals surface area contributed by atoms with Crippen molar-refractivity contribution in [2.45, 2.75) is 26.7 Å². The van der Waals surface area contributed by atoms with Gasteiger partial charge in [0.15, 0.2) is 0 Å². The van der Waals surface area contributed by atoms with Crippen LogP contribution in [0.1, 0.15) is 25.3 Å². The summed E-state index contributed by atoms with van der Waals surface area (Å²) in [5, 5.41) is 11.9. The first kappa shape index (κ1) is 15.3. The number of rotatable bonds is 2. The highest BCUT2D eigenvalue weighted by molar-refractivity contribution is 5.90. The summed E-state index contributed by atoms with van der Waals surface area (Å²) in [5.41, 5.74) is 0.234. The van der Waals surface area contributed by atoms with E-state index >= 15 is 0 Å². The average Bonchev–Trinajstić information content (AvgIpc) is 2.42. The van der Waals surface area contributed by atoms with Gasteiger partial charge < -0.3 is 15.3 Å². The quantitative estimate of drug-likeness (QED) is 0.881. The van der Waals surface area contributed by atoms with Gasteiger partial charge in [0.1, 0.15) is 5.82 Å². The number of carbonyl (C=O) groups is 2. The Hall–Kier alpha value is -2.11. The third kappa shape index (κ3) is 3.32. The monoisotopic (exact) mass is 294 g/mol. The van der Waals surface area contributed by atoms with Gasteiger partial charge in [-0.2, -0.15) is 0 Å². The molecule has 1 atom stereocenters.